The van der Waals surface area contributed by atoms with Gasteiger partial charge in [-0.3, -0.25) is 0 Å². The van der Waals surface area contributed by atoms with E-state index in [1.54, 1.807) is 0 Å². The molecular formula is C14H18N2. The number of benzene rings is 1. The Morgan fingerprint density at radius 1 is 1.31 bits per heavy atom. The van der Waals surface area contributed by atoms with Gasteiger partial charge < -0.3 is 10.3 Å². The molecule has 1 aromatic heterocycles. The molecule has 3 rings (SSSR count). The van der Waals surface area contributed by atoms with Crippen molar-refractivity contribution in [2.45, 2.75) is 38.3 Å². The molecule has 1 aliphatic rings. The van der Waals surface area contributed by atoms with Crippen molar-refractivity contribution in [2.24, 2.45) is 5.73 Å². The number of hydrogen-bond acceptors (Lipinski definition) is 1. The number of rotatable bonds is 2. The maximum atomic E-state index is 6.04. The van der Waals surface area contributed by atoms with Crippen LogP contribution in [0.25, 0.3) is 10.9 Å². The molecule has 1 aliphatic carbocycles. The first-order valence-corrected chi connectivity index (χ1v) is 6.12. The highest BCUT2D eigenvalue weighted by molar-refractivity contribution is 5.84. The summed E-state index contributed by atoms with van der Waals surface area (Å²) >= 11 is 0. The van der Waals surface area contributed by atoms with E-state index in [1.165, 1.54) is 35.7 Å². The van der Waals surface area contributed by atoms with E-state index < -0.39 is 0 Å². The smallest absolute Gasteiger partial charge is 0.0486 e. The highest BCUT2D eigenvalue weighted by Crippen LogP contribution is 2.36. The summed E-state index contributed by atoms with van der Waals surface area (Å²) in [5.41, 5.74) is 8.67. The number of nitrogens with two attached hydrogens (primary N) is 1. The zero-order chi connectivity index (χ0) is 11.1. The Bertz CT molecular complexity index is 506. The molecule has 1 aromatic carbocycles. The van der Waals surface area contributed by atoms with Gasteiger partial charge in [0.2, 0.25) is 0 Å². The summed E-state index contributed by atoms with van der Waals surface area (Å²) in [7, 11) is 0. The predicted molar refractivity (Wildman–Crippen MR) is 67.4 cm³/mol. The van der Waals surface area contributed by atoms with E-state index >= 15 is 0 Å². The third kappa shape index (κ3) is 1.37. The van der Waals surface area contributed by atoms with Crippen LogP contribution in [0.15, 0.2) is 30.5 Å². The summed E-state index contributed by atoms with van der Waals surface area (Å²) in [6, 6.07) is 9.42. The maximum Gasteiger partial charge on any atom is 0.0486 e. The standard InChI is InChI=1S/C14H18N2/c1-10(15)13-9-16(11-5-4-6-11)14-8-3-2-7-12(13)14/h2-3,7-11H,4-6,15H2,1H3. The molecule has 2 nitrogen and oxygen atoms in total. The lowest BCUT2D eigenvalue weighted by atomic mass is 9.93. The van der Waals surface area contributed by atoms with Crippen molar-refractivity contribution in [1.29, 1.82) is 0 Å². The van der Waals surface area contributed by atoms with Crippen molar-refractivity contribution >= 4 is 10.9 Å². The lowest BCUT2D eigenvalue weighted by molar-refractivity contribution is 0.321. The van der Waals surface area contributed by atoms with Gasteiger partial charge in [-0.1, -0.05) is 18.2 Å². The van der Waals surface area contributed by atoms with E-state index in [2.05, 4.69) is 42.0 Å². The molecule has 0 aliphatic heterocycles. The Kier molecular flexibility index (Phi) is 2.25. The largest absolute Gasteiger partial charge is 0.344 e. The highest BCUT2D eigenvalue weighted by atomic mass is 15.0. The second-order valence-corrected chi connectivity index (χ2v) is 4.88. The fourth-order valence-electron chi connectivity index (χ4n) is 2.56. The molecule has 84 valence electrons. The fraction of sp³-hybridized carbons (Fsp3) is 0.429. The molecule has 0 saturated heterocycles. The van der Waals surface area contributed by atoms with Crippen molar-refractivity contribution < 1.29 is 0 Å². The van der Waals surface area contributed by atoms with Gasteiger partial charge >= 0.3 is 0 Å². The van der Waals surface area contributed by atoms with Crippen LogP contribution in [0.4, 0.5) is 0 Å². The molecule has 0 spiro atoms. The first-order chi connectivity index (χ1) is 7.77. The Labute approximate surface area is 96.1 Å². The lowest BCUT2D eigenvalue weighted by Gasteiger charge is -2.28. The molecule has 0 radical (unpaired) electrons. The van der Waals surface area contributed by atoms with Gasteiger partial charge in [-0.2, -0.15) is 0 Å². The van der Waals surface area contributed by atoms with E-state index in [1.807, 2.05) is 0 Å². The Morgan fingerprint density at radius 2 is 2.06 bits per heavy atom. The van der Waals surface area contributed by atoms with E-state index in [0.717, 1.165) is 0 Å². The van der Waals surface area contributed by atoms with Gasteiger partial charge in [0.1, 0.15) is 0 Å². The zero-order valence-electron chi connectivity index (χ0n) is 9.69. The van der Waals surface area contributed by atoms with Gasteiger partial charge in [-0.15, -0.1) is 0 Å². The van der Waals surface area contributed by atoms with Crippen molar-refractivity contribution in [3.05, 3.63) is 36.0 Å². The maximum absolute atomic E-state index is 6.04. The van der Waals surface area contributed by atoms with Gasteiger partial charge in [0.05, 0.1) is 0 Å². The molecular weight excluding hydrogens is 196 g/mol. The molecule has 1 heterocycles. The van der Waals surface area contributed by atoms with Crippen molar-refractivity contribution in [3.8, 4) is 0 Å². The average molecular weight is 214 g/mol. The van der Waals surface area contributed by atoms with E-state index in [-0.39, 0.29) is 6.04 Å². The quantitative estimate of drug-likeness (QED) is 0.816. The molecule has 1 fully saturated rings. The number of hydrogen-bond donors (Lipinski definition) is 1. The minimum Gasteiger partial charge on any atom is -0.344 e. The topological polar surface area (TPSA) is 30.9 Å². The van der Waals surface area contributed by atoms with Crippen LogP contribution in [0, 0.1) is 0 Å². The molecule has 2 N–H and O–H groups in total. The zero-order valence-corrected chi connectivity index (χ0v) is 9.69. The van der Waals surface area contributed by atoms with Crippen molar-refractivity contribution in [3.63, 3.8) is 0 Å². The van der Waals surface area contributed by atoms with Crippen LogP contribution in [0.1, 0.15) is 43.8 Å². The fourth-order valence-corrected chi connectivity index (χ4v) is 2.56. The molecule has 16 heavy (non-hydrogen) atoms. The SMILES string of the molecule is CC(N)c1cn(C2CCC2)c2ccccc12. The summed E-state index contributed by atoms with van der Waals surface area (Å²) in [5, 5.41) is 1.32. The Hall–Kier alpha value is -1.28. The first-order valence-electron chi connectivity index (χ1n) is 6.12. The van der Waals surface area contributed by atoms with Gasteiger partial charge in [0.15, 0.2) is 0 Å². The first kappa shape index (κ1) is 9.91. The van der Waals surface area contributed by atoms with Crippen LogP contribution in [0.2, 0.25) is 0 Å². The van der Waals surface area contributed by atoms with Gasteiger partial charge in [-0.25, -0.2) is 0 Å². The summed E-state index contributed by atoms with van der Waals surface area (Å²) in [5.74, 6) is 0. The average Bonchev–Trinajstić information content (AvgIpc) is 2.56. The molecule has 1 unspecified atom stereocenters. The summed E-state index contributed by atoms with van der Waals surface area (Å²) in [6.45, 7) is 2.06. The monoisotopic (exact) mass is 214 g/mol. The van der Waals surface area contributed by atoms with Crippen LogP contribution < -0.4 is 5.73 Å². The number of aromatic nitrogens is 1. The van der Waals surface area contributed by atoms with Crippen LogP contribution in [0.5, 0.6) is 0 Å². The van der Waals surface area contributed by atoms with Crippen LogP contribution in [-0.4, -0.2) is 4.57 Å². The minimum atomic E-state index is 0.117. The van der Waals surface area contributed by atoms with Crippen LogP contribution in [0.3, 0.4) is 0 Å². The lowest BCUT2D eigenvalue weighted by Crippen LogP contribution is -2.16. The summed E-state index contributed by atoms with van der Waals surface area (Å²) in [4.78, 5) is 0. The molecule has 2 aromatic rings. The van der Waals surface area contributed by atoms with Crippen molar-refractivity contribution in [1.82, 2.24) is 4.57 Å². The van der Waals surface area contributed by atoms with Crippen molar-refractivity contribution in [2.75, 3.05) is 0 Å². The summed E-state index contributed by atoms with van der Waals surface area (Å²) < 4.78 is 2.43. The Morgan fingerprint density at radius 3 is 2.69 bits per heavy atom. The van der Waals surface area contributed by atoms with Crippen LogP contribution in [-0.2, 0) is 0 Å². The normalized spacial score (nSPS) is 18.6. The third-order valence-electron chi connectivity index (χ3n) is 3.73. The van der Waals surface area contributed by atoms with E-state index in [4.69, 9.17) is 5.73 Å². The molecule has 2 heteroatoms. The second kappa shape index (κ2) is 3.63. The van der Waals surface area contributed by atoms with Gasteiger partial charge in [-0.05, 0) is 37.8 Å². The Balaban J connectivity index is 2.20. The molecule has 1 saturated carbocycles. The van der Waals surface area contributed by atoms with Gasteiger partial charge in [0.25, 0.3) is 0 Å². The van der Waals surface area contributed by atoms with Crippen LogP contribution >= 0.6 is 0 Å². The predicted octanol–water partition coefficient (Wildman–Crippen LogP) is 3.39. The number of fused-ring (bicyclic) bond motifs is 1. The van der Waals surface area contributed by atoms with E-state index in [0.29, 0.717) is 6.04 Å². The van der Waals surface area contributed by atoms with Gasteiger partial charge in [0, 0.05) is 29.2 Å². The van der Waals surface area contributed by atoms with E-state index in [9.17, 15) is 0 Å². The minimum absolute atomic E-state index is 0.117. The summed E-state index contributed by atoms with van der Waals surface area (Å²) in [6.07, 6.45) is 6.26. The highest BCUT2D eigenvalue weighted by Gasteiger charge is 2.22. The number of para-hydroxylation sites is 1. The molecule has 0 amide bonds. The molecule has 1 atom stereocenters. The third-order valence-corrected chi connectivity index (χ3v) is 3.73. The second-order valence-electron chi connectivity index (χ2n) is 4.88. The number of nitrogens with zero attached hydrogens (tertiary/aromatic N) is 1. The molecule has 0 bridgehead atoms.